The summed E-state index contributed by atoms with van der Waals surface area (Å²) in [5, 5.41) is 0. The standard InChI is InChI=1S/C30H33N3O4/c1-21-10-12-23(13-11-21)37-17-7-6-16-32-26-9-5-4-8-25(26)31-30(32)22-18-29(34)33(20-22)27-19-24(35-2)14-15-28(27)36-3/h4-5,8-15,19,22H,6-7,16-18,20H2,1-3H3. The number of hydrogen-bond donors (Lipinski definition) is 0. The lowest BCUT2D eigenvalue weighted by Crippen LogP contribution is -2.25. The van der Waals surface area contributed by atoms with Gasteiger partial charge >= 0.3 is 0 Å². The third kappa shape index (κ3) is 5.26. The molecule has 192 valence electrons. The number of benzene rings is 3. The van der Waals surface area contributed by atoms with Crippen LogP contribution in [0.2, 0.25) is 0 Å². The highest BCUT2D eigenvalue weighted by Gasteiger charge is 2.36. The van der Waals surface area contributed by atoms with Gasteiger partial charge in [-0.2, -0.15) is 0 Å². The van der Waals surface area contributed by atoms with E-state index < -0.39 is 0 Å². The fraction of sp³-hybridized carbons (Fsp3) is 0.333. The summed E-state index contributed by atoms with van der Waals surface area (Å²) < 4.78 is 19.1. The quantitative estimate of drug-likeness (QED) is 0.260. The van der Waals surface area contributed by atoms with Crippen LogP contribution in [-0.2, 0) is 11.3 Å². The zero-order valence-electron chi connectivity index (χ0n) is 21.6. The molecule has 0 bridgehead atoms. The number of carbonyl (C=O) groups is 1. The van der Waals surface area contributed by atoms with Crippen molar-refractivity contribution < 1.29 is 19.0 Å². The van der Waals surface area contributed by atoms with Gasteiger partial charge in [-0.1, -0.05) is 29.8 Å². The van der Waals surface area contributed by atoms with Gasteiger partial charge in [-0.15, -0.1) is 0 Å². The molecular formula is C30H33N3O4. The van der Waals surface area contributed by atoms with E-state index in [0.29, 0.717) is 31.1 Å². The minimum Gasteiger partial charge on any atom is -0.497 e. The number of aryl methyl sites for hydroxylation is 2. The lowest BCUT2D eigenvalue weighted by Gasteiger charge is -2.20. The Hall–Kier alpha value is -4.00. The number of imidazole rings is 1. The Labute approximate surface area is 217 Å². The Morgan fingerprint density at radius 3 is 2.51 bits per heavy atom. The van der Waals surface area contributed by atoms with Crippen molar-refractivity contribution in [1.29, 1.82) is 0 Å². The lowest BCUT2D eigenvalue weighted by molar-refractivity contribution is -0.117. The van der Waals surface area contributed by atoms with Crippen LogP contribution in [0.1, 0.15) is 36.6 Å². The molecule has 37 heavy (non-hydrogen) atoms. The molecule has 1 aromatic heterocycles. The highest BCUT2D eigenvalue weighted by molar-refractivity contribution is 5.98. The first-order valence-electron chi connectivity index (χ1n) is 12.7. The van der Waals surface area contributed by atoms with Crippen LogP contribution in [0.4, 0.5) is 5.69 Å². The van der Waals surface area contributed by atoms with Gasteiger partial charge in [-0.3, -0.25) is 4.79 Å². The van der Waals surface area contributed by atoms with Gasteiger partial charge in [0.25, 0.3) is 0 Å². The van der Waals surface area contributed by atoms with E-state index in [0.717, 1.165) is 47.7 Å². The first kappa shape index (κ1) is 24.7. The first-order chi connectivity index (χ1) is 18.1. The van der Waals surface area contributed by atoms with Crippen molar-refractivity contribution in [2.45, 2.75) is 38.6 Å². The van der Waals surface area contributed by atoms with Crippen molar-refractivity contribution in [2.24, 2.45) is 0 Å². The molecule has 2 heterocycles. The van der Waals surface area contributed by atoms with E-state index in [-0.39, 0.29) is 11.8 Å². The van der Waals surface area contributed by atoms with E-state index in [1.54, 1.807) is 19.1 Å². The second-order valence-corrected chi connectivity index (χ2v) is 9.42. The summed E-state index contributed by atoms with van der Waals surface area (Å²) in [6.07, 6.45) is 2.28. The highest BCUT2D eigenvalue weighted by Crippen LogP contribution is 2.39. The number of para-hydroxylation sites is 2. The SMILES string of the molecule is COc1ccc(OC)c(N2CC(c3nc4ccccc4n3CCCCOc3ccc(C)cc3)CC2=O)c1. The summed E-state index contributed by atoms with van der Waals surface area (Å²) >= 11 is 0. The number of fused-ring (bicyclic) bond motifs is 1. The van der Waals surface area contributed by atoms with E-state index in [2.05, 4.69) is 29.7 Å². The number of anilines is 1. The van der Waals surface area contributed by atoms with E-state index in [9.17, 15) is 4.79 Å². The zero-order chi connectivity index (χ0) is 25.8. The van der Waals surface area contributed by atoms with Crippen molar-refractivity contribution in [3.63, 3.8) is 0 Å². The summed E-state index contributed by atoms with van der Waals surface area (Å²) in [5.74, 6) is 3.24. The maximum absolute atomic E-state index is 13.2. The number of ether oxygens (including phenoxy) is 3. The minimum absolute atomic E-state index is 0.0142. The molecule has 0 radical (unpaired) electrons. The summed E-state index contributed by atoms with van der Waals surface area (Å²) in [4.78, 5) is 20.0. The summed E-state index contributed by atoms with van der Waals surface area (Å²) in [5.41, 5.74) is 4.01. The van der Waals surface area contributed by atoms with Crippen molar-refractivity contribution in [3.05, 3.63) is 78.1 Å². The number of hydrogen-bond acceptors (Lipinski definition) is 5. The van der Waals surface area contributed by atoms with E-state index >= 15 is 0 Å². The molecule has 0 N–H and O–H groups in total. The van der Waals surface area contributed by atoms with Crippen LogP contribution in [0.15, 0.2) is 66.7 Å². The molecule has 1 aliphatic rings. The second kappa shape index (κ2) is 10.9. The average molecular weight is 500 g/mol. The summed E-state index contributed by atoms with van der Waals surface area (Å²) in [6, 6.07) is 21.9. The van der Waals surface area contributed by atoms with Gasteiger partial charge in [-0.25, -0.2) is 4.98 Å². The largest absolute Gasteiger partial charge is 0.497 e. The average Bonchev–Trinajstić information content (AvgIpc) is 3.49. The first-order valence-corrected chi connectivity index (χ1v) is 12.7. The Bertz CT molecular complexity index is 1380. The number of rotatable bonds is 10. The number of unbranched alkanes of at least 4 members (excludes halogenated alkanes) is 1. The lowest BCUT2D eigenvalue weighted by atomic mass is 10.1. The molecule has 1 fully saturated rings. The molecule has 1 saturated heterocycles. The topological polar surface area (TPSA) is 65.8 Å². The Kier molecular flexibility index (Phi) is 7.30. The van der Waals surface area contributed by atoms with Gasteiger partial charge in [0.15, 0.2) is 0 Å². The van der Waals surface area contributed by atoms with Crippen LogP contribution in [0.5, 0.6) is 17.2 Å². The van der Waals surface area contributed by atoms with Crippen LogP contribution in [0.25, 0.3) is 11.0 Å². The van der Waals surface area contributed by atoms with Crippen molar-refractivity contribution in [3.8, 4) is 17.2 Å². The Morgan fingerprint density at radius 2 is 1.73 bits per heavy atom. The number of nitrogens with zero attached hydrogens (tertiary/aromatic N) is 3. The van der Waals surface area contributed by atoms with Gasteiger partial charge < -0.3 is 23.7 Å². The summed E-state index contributed by atoms with van der Waals surface area (Å²) in [6.45, 7) is 4.10. The van der Waals surface area contributed by atoms with Crippen molar-refractivity contribution >= 4 is 22.6 Å². The van der Waals surface area contributed by atoms with Gasteiger partial charge in [-0.05, 0) is 56.2 Å². The number of aromatic nitrogens is 2. The molecule has 0 aliphatic carbocycles. The zero-order valence-corrected chi connectivity index (χ0v) is 21.6. The molecule has 0 spiro atoms. The molecule has 1 atom stereocenters. The van der Waals surface area contributed by atoms with Crippen LogP contribution in [0, 0.1) is 6.92 Å². The van der Waals surface area contributed by atoms with Crippen LogP contribution >= 0.6 is 0 Å². The number of methoxy groups -OCH3 is 2. The number of amides is 1. The molecule has 4 aromatic rings. The van der Waals surface area contributed by atoms with Crippen molar-refractivity contribution in [2.75, 3.05) is 32.3 Å². The predicted octanol–water partition coefficient (Wildman–Crippen LogP) is 5.74. The molecule has 7 nitrogen and oxygen atoms in total. The Balaban J connectivity index is 1.32. The molecule has 1 unspecified atom stereocenters. The number of carbonyl (C=O) groups excluding carboxylic acids is 1. The third-order valence-electron chi connectivity index (χ3n) is 6.92. The van der Waals surface area contributed by atoms with E-state index in [4.69, 9.17) is 19.2 Å². The van der Waals surface area contributed by atoms with Gasteiger partial charge in [0.2, 0.25) is 5.91 Å². The normalized spacial score (nSPS) is 15.4. The van der Waals surface area contributed by atoms with Crippen molar-refractivity contribution in [1.82, 2.24) is 9.55 Å². The predicted molar refractivity (Wildman–Crippen MR) is 145 cm³/mol. The molecule has 0 saturated carbocycles. The highest BCUT2D eigenvalue weighted by atomic mass is 16.5. The van der Waals surface area contributed by atoms with E-state index in [1.807, 2.05) is 48.5 Å². The molecule has 3 aromatic carbocycles. The van der Waals surface area contributed by atoms with E-state index in [1.165, 1.54) is 5.56 Å². The van der Waals surface area contributed by atoms with Gasteiger partial charge in [0.1, 0.15) is 23.1 Å². The van der Waals surface area contributed by atoms with Crippen LogP contribution < -0.4 is 19.1 Å². The Morgan fingerprint density at radius 1 is 0.946 bits per heavy atom. The molecule has 7 heteroatoms. The van der Waals surface area contributed by atoms with Crippen LogP contribution in [0.3, 0.4) is 0 Å². The fourth-order valence-corrected chi connectivity index (χ4v) is 4.96. The maximum atomic E-state index is 13.2. The smallest absolute Gasteiger partial charge is 0.227 e. The van der Waals surface area contributed by atoms with Gasteiger partial charge in [0, 0.05) is 31.5 Å². The third-order valence-corrected chi connectivity index (χ3v) is 6.92. The molecule has 1 aliphatic heterocycles. The van der Waals surface area contributed by atoms with Crippen LogP contribution in [-0.4, -0.2) is 42.8 Å². The molecular weight excluding hydrogens is 466 g/mol. The van der Waals surface area contributed by atoms with Gasteiger partial charge in [0.05, 0.1) is 37.5 Å². The second-order valence-electron chi connectivity index (χ2n) is 9.42. The molecule has 5 rings (SSSR count). The fourth-order valence-electron chi connectivity index (χ4n) is 4.96. The monoisotopic (exact) mass is 499 g/mol. The maximum Gasteiger partial charge on any atom is 0.227 e. The molecule has 1 amide bonds. The summed E-state index contributed by atoms with van der Waals surface area (Å²) in [7, 11) is 3.24. The minimum atomic E-state index is -0.0142.